The number of nitrogens with zero attached hydrogens (tertiary/aromatic N) is 3. The summed E-state index contributed by atoms with van der Waals surface area (Å²) in [5.41, 5.74) is 3.73. The Morgan fingerprint density at radius 3 is 2.80 bits per heavy atom. The van der Waals surface area contributed by atoms with E-state index in [1.165, 1.54) is 11.1 Å². The number of hydrogen-bond acceptors (Lipinski definition) is 3. The fraction of sp³-hybridized carbons (Fsp3) is 0.562. The maximum atomic E-state index is 4.63. The molecule has 108 valence electrons. The normalized spacial score (nSPS) is 18.6. The van der Waals surface area contributed by atoms with E-state index >= 15 is 0 Å². The monoisotopic (exact) mass is 272 g/mol. The average molecular weight is 272 g/mol. The summed E-state index contributed by atoms with van der Waals surface area (Å²) < 4.78 is 2.15. The quantitative estimate of drug-likeness (QED) is 0.923. The maximum absolute atomic E-state index is 4.63. The molecule has 0 spiro atoms. The lowest BCUT2D eigenvalue weighted by atomic mass is 10.0. The fourth-order valence-electron chi connectivity index (χ4n) is 3.09. The largest absolute Gasteiger partial charge is 0.331 e. The van der Waals surface area contributed by atoms with Crippen molar-refractivity contribution in [3.63, 3.8) is 0 Å². The molecule has 1 aromatic carbocycles. The van der Waals surface area contributed by atoms with Crippen molar-refractivity contribution >= 4 is 11.0 Å². The molecule has 0 radical (unpaired) electrons. The molecule has 1 saturated heterocycles. The van der Waals surface area contributed by atoms with Crippen molar-refractivity contribution in [1.82, 2.24) is 19.8 Å². The highest BCUT2D eigenvalue weighted by molar-refractivity contribution is 5.76. The van der Waals surface area contributed by atoms with Crippen molar-refractivity contribution in [2.75, 3.05) is 26.2 Å². The van der Waals surface area contributed by atoms with Crippen LogP contribution < -0.4 is 5.32 Å². The van der Waals surface area contributed by atoms with Gasteiger partial charge >= 0.3 is 0 Å². The summed E-state index contributed by atoms with van der Waals surface area (Å²) in [6, 6.07) is 7.30. The van der Waals surface area contributed by atoms with E-state index in [1.807, 2.05) is 0 Å². The number of aryl methyl sites for hydroxylation is 2. The van der Waals surface area contributed by atoms with E-state index in [0.29, 0.717) is 6.04 Å². The molecule has 1 N–H and O–H groups in total. The SMILES string of the molecule is Cc1nc2cc(CC(C)N3CCNCC3)ccc2n1C. The zero-order chi connectivity index (χ0) is 14.1. The molecule has 0 aliphatic carbocycles. The number of nitrogens with one attached hydrogen (secondary N) is 1. The van der Waals surface area contributed by atoms with Gasteiger partial charge in [0.25, 0.3) is 0 Å². The van der Waals surface area contributed by atoms with E-state index in [9.17, 15) is 0 Å². The van der Waals surface area contributed by atoms with Crippen LogP contribution >= 0.6 is 0 Å². The summed E-state index contributed by atoms with van der Waals surface area (Å²) in [5.74, 6) is 1.08. The molecule has 1 fully saturated rings. The third kappa shape index (κ3) is 2.58. The highest BCUT2D eigenvalue weighted by Gasteiger charge is 2.17. The van der Waals surface area contributed by atoms with Crippen LogP contribution in [0, 0.1) is 6.92 Å². The molecule has 4 heteroatoms. The minimum absolute atomic E-state index is 0.597. The van der Waals surface area contributed by atoms with Gasteiger partial charge in [0.05, 0.1) is 11.0 Å². The molecule has 20 heavy (non-hydrogen) atoms. The lowest BCUT2D eigenvalue weighted by molar-refractivity contribution is 0.183. The number of hydrogen-bond donors (Lipinski definition) is 1. The minimum atomic E-state index is 0.597. The van der Waals surface area contributed by atoms with Gasteiger partial charge in [-0.25, -0.2) is 4.98 Å². The van der Waals surface area contributed by atoms with E-state index in [0.717, 1.165) is 43.9 Å². The zero-order valence-electron chi connectivity index (χ0n) is 12.7. The maximum Gasteiger partial charge on any atom is 0.106 e. The van der Waals surface area contributed by atoms with Gasteiger partial charge in [-0.05, 0) is 38.0 Å². The lowest BCUT2D eigenvalue weighted by Crippen LogP contribution is -2.48. The summed E-state index contributed by atoms with van der Waals surface area (Å²) in [6.07, 6.45) is 1.10. The van der Waals surface area contributed by atoms with Crippen LogP contribution in [0.15, 0.2) is 18.2 Å². The Balaban J connectivity index is 1.76. The van der Waals surface area contributed by atoms with Crippen LogP contribution in [0.5, 0.6) is 0 Å². The smallest absolute Gasteiger partial charge is 0.106 e. The van der Waals surface area contributed by atoms with Crippen LogP contribution in [0.2, 0.25) is 0 Å². The lowest BCUT2D eigenvalue weighted by Gasteiger charge is -2.32. The summed E-state index contributed by atoms with van der Waals surface area (Å²) in [4.78, 5) is 7.21. The Kier molecular flexibility index (Phi) is 3.76. The molecule has 0 amide bonds. The van der Waals surface area contributed by atoms with Crippen LogP contribution in [0.3, 0.4) is 0 Å². The molecule has 4 nitrogen and oxygen atoms in total. The van der Waals surface area contributed by atoms with Gasteiger partial charge in [0.15, 0.2) is 0 Å². The van der Waals surface area contributed by atoms with E-state index < -0.39 is 0 Å². The van der Waals surface area contributed by atoms with Gasteiger partial charge in [-0.3, -0.25) is 4.90 Å². The third-order valence-corrected chi connectivity index (χ3v) is 4.47. The molecule has 0 bridgehead atoms. The molecule has 1 aliphatic rings. The molecule has 1 aromatic heterocycles. The standard InChI is InChI=1S/C16H24N4/c1-12(20-8-6-17-7-9-20)10-14-4-5-16-15(11-14)18-13(2)19(16)3/h4-5,11-12,17H,6-10H2,1-3H3. The van der Waals surface area contributed by atoms with Crippen LogP contribution in [-0.4, -0.2) is 46.7 Å². The topological polar surface area (TPSA) is 33.1 Å². The van der Waals surface area contributed by atoms with Crippen LogP contribution in [-0.2, 0) is 13.5 Å². The van der Waals surface area contributed by atoms with Gasteiger partial charge < -0.3 is 9.88 Å². The molecular weight excluding hydrogens is 248 g/mol. The first kappa shape index (κ1) is 13.6. The summed E-state index contributed by atoms with van der Waals surface area (Å²) in [6.45, 7) is 8.94. The van der Waals surface area contributed by atoms with E-state index in [1.54, 1.807) is 0 Å². The van der Waals surface area contributed by atoms with E-state index in [-0.39, 0.29) is 0 Å². The molecule has 2 aromatic rings. The van der Waals surface area contributed by atoms with Gasteiger partial charge in [0, 0.05) is 39.3 Å². The predicted octanol–water partition coefficient (Wildman–Crippen LogP) is 1.72. The Bertz CT molecular complexity index is 596. The number of imidazole rings is 1. The highest BCUT2D eigenvalue weighted by atomic mass is 15.2. The average Bonchev–Trinajstić information content (AvgIpc) is 2.74. The first-order valence-corrected chi connectivity index (χ1v) is 7.52. The molecule has 1 atom stereocenters. The van der Waals surface area contributed by atoms with Crippen molar-refractivity contribution in [3.05, 3.63) is 29.6 Å². The van der Waals surface area contributed by atoms with Crippen molar-refractivity contribution in [2.24, 2.45) is 7.05 Å². The second-order valence-corrected chi connectivity index (χ2v) is 5.88. The van der Waals surface area contributed by atoms with Gasteiger partial charge in [-0.2, -0.15) is 0 Å². The van der Waals surface area contributed by atoms with Gasteiger partial charge in [-0.1, -0.05) is 6.07 Å². The summed E-state index contributed by atoms with van der Waals surface area (Å²) in [7, 11) is 2.08. The van der Waals surface area contributed by atoms with E-state index in [4.69, 9.17) is 0 Å². The van der Waals surface area contributed by atoms with Gasteiger partial charge in [-0.15, -0.1) is 0 Å². The van der Waals surface area contributed by atoms with Crippen molar-refractivity contribution in [2.45, 2.75) is 26.3 Å². The number of aromatic nitrogens is 2. The first-order valence-electron chi connectivity index (χ1n) is 7.52. The second-order valence-electron chi connectivity index (χ2n) is 5.88. The predicted molar refractivity (Wildman–Crippen MR) is 83.1 cm³/mol. The first-order chi connectivity index (χ1) is 9.65. The van der Waals surface area contributed by atoms with Gasteiger partial charge in [0.2, 0.25) is 0 Å². The molecular formula is C16H24N4. The molecule has 0 saturated carbocycles. The summed E-state index contributed by atoms with van der Waals surface area (Å²) >= 11 is 0. The highest BCUT2D eigenvalue weighted by Crippen LogP contribution is 2.18. The number of fused-ring (bicyclic) bond motifs is 1. The van der Waals surface area contributed by atoms with Crippen LogP contribution in [0.25, 0.3) is 11.0 Å². The number of piperazine rings is 1. The van der Waals surface area contributed by atoms with Crippen molar-refractivity contribution in [1.29, 1.82) is 0 Å². The minimum Gasteiger partial charge on any atom is -0.331 e. The summed E-state index contributed by atoms with van der Waals surface area (Å²) in [5, 5.41) is 3.41. The fourth-order valence-corrected chi connectivity index (χ4v) is 3.09. The van der Waals surface area contributed by atoms with Crippen molar-refractivity contribution in [3.8, 4) is 0 Å². The van der Waals surface area contributed by atoms with Crippen LogP contribution in [0.1, 0.15) is 18.3 Å². The van der Waals surface area contributed by atoms with E-state index in [2.05, 4.69) is 58.9 Å². The molecule has 2 heterocycles. The number of rotatable bonds is 3. The Labute approximate surface area is 120 Å². The number of benzene rings is 1. The van der Waals surface area contributed by atoms with Gasteiger partial charge in [0.1, 0.15) is 5.82 Å². The van der Waals surface area contributed by atoms with Crippen molar-refractivity contribution < 1.29 is 0 Å². The second kappa shape index (κ2) is 5.54. The Morgan fingerprint density at radius 1 is 1.30 bits per heavy atom. The Morgan fingerprint density at radius 2 is 2.05 bits per heavy atom. The molecule has 1 aliphatic heterocycles. The third-order valence-electron chi connectivity index (χ3n) is 4.47. The molecule has 1 unspecified atom stereocenters. The van der Waals surface area contributed by atoms with Crippen LogP contribution in [0.4, 0.5) is 0 Å². The Hall–Kier alpha value is -1.39. The molecule has 3 rings (SSSR count). The zero-order valence-corrected chi connectivity index (χ0v) is 12.7.